The number of likely N-dealkylation sites (N-methyl/N-ethyl adjacent to an activating group) is 1. The Morgan fingerprint density at radius 1 is 0.906 bits per heavy atom. The summed E-state index contributed by atoms with van der Waals surface area (Å²) in [5.74, 6) is -1.26. The molecule has 0 aliphatic heterocycles. The highest BCUT2D eigenvalue weighted by Crippen LogP contribution is 2.17. The van der Waals surface area contributed by atoms with Gasteiger partial charge in [-0.1, -0.05) is 13.3 Å². The van der Waals surface area contributed by atoms with E-state index in [-0.39, 0.29) is 29.8 Å². The second kappa shape index (κ2) is 12.1. The number of guanidine groups is 1. The Bertz CT molecular complexity index is 951. The van der Waals surface area contributed by atoms with Crippen LogP contribution in [-0.2, 0) is 9.53 Å². The molecule has 2 aromatic carbocycles. The van der Waals surface area contributed by atoms with E-state index < -0.39 is 11.9 Å². The number of nitrogens with two attached hydrogens (primary N) is 2. The van der Waals surface area contributed by atoms with Crippen LogP contribution in [0.15, 0.2) is 53.5 Å². The largest absolute Gasteiger partial charge is 0.452 e. The molecule has 0 atom stereocenters. The molecule has 0 spiro atoms. The molecule has 0 saturated heterocycles. The molecule has 0 heterocycles. The van der Waals surface area contributed by atoms with Crippen molar-refractivity contribution in [3.05, 3.63) is 59.7 Å². The highest BCUT2D eigenvalue weighted by Gasteiger charge is 2.15. The SMILES string of the molecule is CCCCN(CC)C(=O)COC(=O)c1ccc(OC(=O)c2ccc(N=C(N)N)cc2)cc1. The third-order valence-corrected chi connectivity index (χ3v) is 4.50. The molecule has 9 nitrogen and oxygen atoms in total. The van der Waals surface area contributed by atoms with Crippen LogP contribution in [0.3, 0.4) is 0 Å². The van der Waals surface area contributed by atoms with Gasteiger partial charge in [0, 0.05) is 13.1 Å². The van der Waals surface area contributed by atoms with Gasteiger partial charge in [0.25, 0.3) is 5.91 Å². The summed E-state index contributed by atoms with van der Waals surface area (Å²) < 4.78 is 10.4. The van der Waals surface area contributed by atoms with Crippen molar-refractivity contribution in [2.45, 2.75) is 26.7 Å². The number of rotatable bonds is 10. The van der Waals surface area contributed by atoms with Gasteiger partial charge >= 0.3 is 11.9 Å². The highest BCUT2D eigenvalue weighted by atomic mass is 16.5. The maximum atomic E-state index is 12.3. The minimum atomic E-state index is -0.627. The van der Waals surface area contributed by atoms with Gasteiger partial charge in [0.05, 0.1) is 16.8 Å². The Morgan fingerprint density at radius 3 is 2.06 bits per heavy atom. The Hall–Kier alpha value is -3.88. The fourth-order valence-electron chi connectivity index (χ4n) is 2.76. The number of amides is 1. The van der Waals surface area contributed by atoms with Crippen molar-refractivity contribution in [1.29, 1.82) is 0 Å². The fourth-order valence-corrected chi connectivity index (χ4v) is 2.76. The maximum Gasteiger partial charge on any atom is 0.343 e. The van der Waals surface area contributed by atoms with Crippen LogP contribution in [0.1, 0.15) is 47.4 Å². The van der Waals surface area contributed by atoms with Crippen LogP contribution in [0.5, 0.6) is 5.75 Å². The molecule has 0 aromatic heterocycles. The number of unbranched alkanes of at least 4 members (excludes halogenated alkanes) is 1. The summed E-state index contributed by atoms with van der Waals surface area (Å²) in [5, 5.41) is 0. The predicted molar refractivity (Wildman–Crippen MR) is 121 cm³/mol. The number of hydrogen-bond donors (Lipinski definition) is 2. The van der Waals surface area contributed by atoms with Gasteiger partial charge in [0.15, 0.2) is 12.6 Å². The normalized spacial score (nSPS) is 10.2. The molecule has 0 aliphatic rings. The zero-order valence-corrected chi connectivity index (χ0v) is 18.2. The van der Waals surface area contributed by atoms with Crippen LogP contribution >= 0.6 is 0 Å². The van der Waals surface area contributed by atoms with Gasteiger partial charge in [-0.05, 0) is 61.9 Å². The average Bonchev–Trinajstić information content (AvgIpc) is 2.78. The monoisotopic (exact) mass is 440 g/mol. The third-order valence-electron chi connectivity index (χ3n) is 4.50. The number of nitrogens with zero attached hydrogens (tertiary/aromatic N) is 2. The molecule has 32 heavy (non-hydrogen) atoms. The molecule has 0 fully saturated rings. The molecule has 2 rings (SSSR count). The first kappa shape index (κ1) is 24.4. The number of hydrogen-bond acceptors (Lipinski definition) is 6. The second-order valence-corrected chi connectivity index (χ2v) is 6.90. The van der Waals surface area contributed by atoms with E-state index in [9.17, 15) is 14.4 Å². The standard InChI is InChI=1S/C23H28N4O5/c1-3-5-14-27(4-2)20(28)15-31-21(29)16-8-12-19(13-9-16)32-22(30)17-6-10-18(11-7-17)26-23(24)25/h6-13H,3-5,14-15H2,1-2H3,(H4,24,25,26). The van der Waals surface area contributed by atoms with E-state index in [0.717, 1.165) is 12.8 Å². The summed E-state index contributed by atoms with van der Waals surface area (Å²) in [5.41, 5.74) is 11.7. The molecular formula is C23H28N4O5. The molecule has 0 radical (unpaired) electrons. The van der Waals surface area contributed by atoms with E-state index in [0.29, 0.717) is 24.3 Å². The van der Waals surface area contributed by atoms with Crippen LogP contribution in [0.4, 0.5) is 5.69 Å². The minimum Gasteiger partial charge on any atom is -0.452 e. The second-order valence-electron chi connectivity index (χ2n) is 6.90. The van der Waals surface area contributed by atoms with Crippen molar-refractivity contribution in [2.75, 3.05) is 19.7 Å². The Morgan fingerprint density at radius 2 is 1.50 bits per heavy atom. The summed E-state index contributed by atoms with van der Waals surface area (Å²) in [4.78, 5) is 42.2. The van der Waals surface area contributed by atoms with E-state index in [1.807, 2.05) is 13.8 Å². The van der Waals surface area contributed by atoms with Gasteiger partial charge in [0.2, 0.25) is 0 Å². The van der Waals surface area contributed by atoms with Crippen molar-refractivity contribution in [3.63, 3.8) is 0 Å². The van der Waals surface area contributed by atoms with Crippen molar-refractivity contribution in [2.24, 2.45) is 16.5 Å². The molecule has 0 bridgehead atoms. The zero-order valence-electron chi connectivity index (χ0n) is 18.2. The van der Waals surface area contributed by atoms with Crippen LogP contribution in [0, 0.1) is 0 Å². The van der Waals surface area contributed by atoms with Crippen molar-refractivity contribution < 1.29 is 23.9 Å². The topological polar surface area (TPSA) is 137 Å². The molecule has 0 saturated carbocycles. The molecule has 2 aromatic rings. The summed E-state index contributed by atoms with van der Waals surface area (Å²) in [6, 6.07) is 12.1. The van der Waals surface area contributed by atoms with Crippen LogP contribution in [-0.4, -0.2) is 48.4 Å². The summed E-state index contributed by atoms with van der Waals surface area (Å²) >= 11 is 0. The first-order chi connectivity index (χ1) is 15.3. The van der Waals surface area contributed by atoms with Crippen molar-refractivity contribution >= 4 is 29.5 Å². The van der Waals surface area contributed by atoms with E-state index in [2.05, 4.69) is 4.99 Å². The predicted octanol–water partition coefficient (Wildman–Crippen LogP) is 2.62. The maximum absolute atomic E-state index is 12.3. The zero-order chi connectivity index (χ0) is 23.5. The summed E-state index contributed by atoms with van der Waals surface area (Å²) in [6.07, 6.45) is 1.87. The number of esters is 2. The molecule has 4 N–H and O–H groups in total. The molecular weight excluding hydrogens is 412 g/mol. The summed E-state index contributed by atoms with van der Waals surface area (Å²) in [6.45, 7) is 4.81. The van der Waals surface area contributed by atoms with Crippen molar-refractivity contribution in [1.82, 2.24) is 4.90 Å². The quantitative estimate of drug-likeness (QED) is 0.251. The first-order valence-corrected chi connectivity index (χ1v) is 10.3. The molecule has 0 unspecified atom stereocenters. The van der Waals surface area contributed by atoms with Gasteiger partial charge < -0.3 is 25.8 Å². The Kier molecular flexibility index (Phi) is 9.22. The van der Waals surface area contributed by atoms with Gasteiger partial charge in [-0.2, -0.15) is 0 Å². The Balaban J connectivity index is 1.90. The van der Waals surface area contributed by atoms with Crippen molar-refractivity contribution in [3.8, 4) is 5.75 Å². The van der Waals surface area contributed by atoms with Gasteiger partial charge in [-0.25, -0.2) is 14.6 Å². The number of aliphatic imine (C=N–C) groups is 1. The number of benzene rings is 2. The lowest BCUT2D eigenvalue weighted by Crippen LogP contribution is -2.35. The molecule has 1 amide bonds. The van der Waals surface area contributed by atoms with Crippen LogP contribution < -0.4 is 16.2 Å². The van der Waals surface area contributed by atoms with E-state index in [4.69, 9.17) is 20.9 Å². The molecule has 170 valence electrons. The molecule has 9 heteroatoms. The lowest BCUT2D eigenvalue weighted by Gasteiger charge is -2.20. The average molecular weight is 441 g/mol. The summed E-state index contributed by atoms with van der Waals surface area (Å²) in [7, 11) is 0. The van der Waals surface area contributed by atoms with Crippen LogP contribution in [0.2, 0.25) is 0 Å². The lowest BCUT2D eigenvalue weighted by molar-refractivity contribution is -0.134. The third kappa shape index (κ3) is 7.42. The van der Waals surface area contributed by atoms with E-state index in [1.165, 1.54) is 36.4 Å². The number of ether oxygens (including phenoxy) is 2. The highest BCUT2D eigenvalue weighted by molar-refractivity contribution is 5.93. The molecule has 0 aliphatic carbocycles. The van der Waals surface area contributed by atoms with Gasteiger partial charge in [-0.3, -0.25) is 4.79 Å². The Labute approximate surface area is 187 Å². The first-order valence-electron chi connectivity index (χ1n) is 10.3. The van der Waals surface area contributed by atoms with Gasteiger partial charge in [0.1, 0.15) is 5.75 Å². The lowest BCUT2D eigenvalue weighted by atomic mass is 10.2. The van der Waals surface area contributed by atoms with Gasteiger partial charge in [-0.15, -0.1) is 0 Å². The van der Waals surface area contributed by atoms with E-state index in [1.54, 1.807) is 17.0 Å². The fraction of sp³-hybridized carbons (Fsp3) is 0.304. The minimum absolute atomic E-state index is 0.0810. The number of carbonyl (C=O) groups excluding carboxylic acids is 3. The van der Waals surface area contributed by atoms with E-state index >= 15 is 0 Å². The number of carbonyl (C=O) groups is 3. The van der Waals surface area contributed by atoms with Crippen LogP contribution in [0.25, 0.3) is 0 Å². The smallest absolute Gasteiger partial charge is 0.343 e.